The molecule has 0 rings (SSSR count). The van der Waals surface area contributed by atoms with E-state index in [0.29, 0.717) is 25.7 Å². The van der Waals surface area contributed by atoms with Gasteiger partial charge in [0.25, 0.3) is 0 Å². The Morgan fingerprint density at radius 1 is 0.421 bits per heavy atom. The maximum absolute atomic E-state index is 12.6. The summed E-state index contributed by atoms with van der Waals surface area (Å²) in [6.07, 6.45) is 11.7. The number of unbranched alkanes of at least 4 members (excludes halogenated alkanes) is 13. The van der Waals surface area contributed by atoms with Crippen molar-refractivity contribution in [3.8, 4) is 0 Å². The predicted molar refractivity (Wildman–Crippen MR) is 211 cm³/mol. The zero-order valence-electron chi connectivity index (χ0n) is 34.8. The number of hydrogen-bond acceptors (Lipinski definition) is 15. The largest absolute Gasteiger partial charge is 0.472 e. The highest BCUT2D eigenvalue weighted by atomic mass is 31.2. The van der Waals surface area contributed by atoms with E-state index in [1.807, 2.05) is 6.92 Å². The Hall–Kier alpha value is -1.94. The molecule has 0 heterocycles. The Morgan fingerprint density at radius 2 is 0.737 bits per heavy atom. The molecule has 0 aromatic carbocycles. The molecule has 0 aromatic rings. The highest BCUT2D eigenvalue weighted by Gasteiger charge is 2.30. The van der Waals surface area contributed by atoms with E-state index in [4.69, 9.17) is 37.0 Å². The van der Waals surface area contributed by atoms with Crippen molar-refractivity contribution in [3.63, 3.8) is 0 Å². The van der Waals surface area contributed by atoms with Gasteiger partial charge in [-0.1, -0.05) is 111 Å². The summed E-state index contributed by atoms with van der Waals surface area (Å²) in [7, 11) is -9.78. The van der Waals surface area contributed by atoms with Crippen LogP contribution >= 0.6 is 15.6 Å². The number of carbonyl (C=O) groups is 4. The summed E-state index contributed by atoms with van der Waals surface area (Å²) < 4.78 is 65.6. The molecule has 0 saturated carbocycles. The van der Waals surface area contributed by atoms with Crippen molar-refractivity contribution in [3.05, 3.63) is 0 Å². The topological polar surface area (TPSA) is 237 Å². The van der Waals surface area contributed by atoms with Crippen LogP contribution in [0.4, 0.5) is 0 Å². The Bertz CT molecular complexity index is 1170. The maximum atomic E-state index is 12.6. The van der Waals surface area contributed by atoms with Crippen LogP contribution in [0.1, 0.15) is 163 Å². The average Bonchev–Trinajstić information content (AvgIpc) is 3.16. The predicted octanol–water partition coefficient (Wildman–Crippen LogP) is 7.80. The lowest BCUT2D eigenvalue weighted by Gasteiger charge is -2.21. The van der Waals surface area contributed by atoms with Gasteiger partial charge in [-0.2, -0.15) is 0 Å². The van der Waals surface area contributed by atoms with Gasteiger partial charge in [-0.05, 0) is 25.7 Å². The second-order valence-corrected chi connectivity index (χ2v) is 16.9. The van der Waals surface area contributed by atoms with Crippen LogP contribution in [0.5, 0.6) is 0 Å². The number of rotatable bonds is 39. The monoisotopic (exact) mass is 862 g/mol. The van der Waals surface area contributed by atoms with E-state index in [9.17, 15) is 43.2 Å². The summed E-state index contributed by atoms with van der Waals surface area (Å²) in [5.74, 6) is -2.26. The van der Waals surface area contributed by atoms with Gasteiger partial charge in [-0.3, -0.25) is 37.3 Å². The van der Waals surface area contributed by atoms with Crippen molar-refractivity contribution in [2.75, 3.05) is 39.6 Å². The van der Waals surface area contributed by atoms with Gasteiger partial charge >= 0.3 is 39.5 Å². The number of aliphatic hydroxyl groups excluding tert-OH is 1. The fraction of sp³-hybridized carbons (Fsp3) is 0.895. The lowest BCUT2D eigenvalue weighted by molar-refractivity contribution is -0.161. The highest BCUT2D eigenvalue weighted by molar-refractivity contribution is 7.47. The van der Waals surface area contributed by atoms with Crippen molar-refractivity contribution >= 4 is 39.5 Å². The highest BCUT2D eigenvalue weighted by Crippen LogP contribution is 2.45. The van der Waals surface area contributed by atoms with Gasteiger partial charge in [-0.25, -0.2) is 9.13 Å². The number of aliphatic hydroxyl groups is 1. The van der Waals surface area contributed by atoms with Gasteiger partial charge in [0, 0.05) is 25.7 Å². The molecule has 2 unspecified atom stereocenters. The summed E-state index contributed by atoms with van der Waals surface area (Å²) in [6, 6.07) is 0. The summed E-state index contributed by atoms with van der Waals surface area (Å²) >= 11 is 0. The number of carbonyl (C=O) groups excluding carboxylic acids is 4. The molecule has 0 spiro atoms. The van der Waals surface area contributed by atoms with E-state index in [-0.39, 0.29) is 25.7 Å². The van der Waals surface area contributed by atoms with Crippen LogP contribution in [0.25, 0.3) is 0 Å². The molecule has 0 saturated heterocycles. The van der Waals surface area contributed by atoms with E-state index in [1.54, 1.807) is 6.92 Å². The summed E-state index contributed by atoms with van der Waals surface area (Å²) in [5.41, 5.74) is 0. The van der Waals surface area contributed by atoms with Crippen LogP contribution < -0.4 is 0 Å². The lowest BCUT2D eigenvalue weighted by Crippen LogP contribution is -2.30. The molecule has 336 valence electrons. The summed E-state index contributed by atoms with van der Waals surface area (Å²) in [5, 5.41) is 10.2. The fourth-order valence-electron chi connectivity index (χ4n) is 5.08. The molecular formula is C38H72O17P2. The van der Waals surface area contributed by atoms with Crippen LogP contribution in [-0.2, 0) is 65.4 Å². The minimum Gasteiger partial charge on any atom is -0.462 e. The normalized spacial score (nSPS) is 15.1. The second kappa shape index (κ2) is 34.9. The number of hydrogen-bond donors (Lipinski definition) is 3. The summed E-state index contributed by atoms with van der Waals surface area (Å²) in [6.45, 7) is 4.02. The molecule has 17 nitrogen and oxygen atoms in total. The first-order valence-electron chi connectivity index (χ1n) is 20.8. The summed E-state index contributed by atoms with van der Waals surface area (Å²) in [4.78, 5) is 69.3. The van der Waals surface area contributed by atoms with Gasteiger partial charge in [0.2, 0.25) is 0 Å². The van der Waals surface area contributed by atoms with Gasteiger partial charge in [0.15, 0.2) is 12.2 Å². The van der Waals surface area contributed by atoms with Gasteiger partial charge in [0.1, 0.15) is 19.3 Å². The molecule has 0 amide bonds. The Morgan fingerprint density at radius 3 is 1.12 bits per heavy atom. The van der Waals surface area contributed by atoms with E-state index in [2.05, 4.69) is 13.8 Å². The third-order valence-corrected chi connectivity index (χ3v) is 10.2. The Balaban J connectivity index is 5.03. The number of phosphoric ester groups is 2. The molecule has 0 aliphatic rings. The number of phosphoric acid groups is 2. The van der Waals surface area contributed by atoms with Gasteiger partial charge < -0.3 is 33.8 Å². The van der Waals surface area contributed by atoms with E-state index < -0.39 is 97.5 Å². The molecule has 0 aromatic heterocycles. The Labute approximate surface area is 339 Å². The Kier molecular flexibility index (Phi) is 33.7. The zero-order chi connectivity index (χ0) is 42.8. The van der Waals surface area contributed by atoms with Crippen molar-refractivity contribution in [1.82, 2.24) is 0 Å². The van der Waals surface area contributed by atoms with Crippen LogP contribution in [0.2, 0.25) is 0 Å². The first-order valence-corrected chi connectivity index (χ1v) is 23.8. The molecule has 3 N–H and O–H groups in total. The van der Waals surface area contributed by atoms with Crippen LogP contribution in [0.15, 0.2) is 0 Å². The van der Waals surface area contributed by atoms with E-state index in [0.717, 1.165) is 77.0 Å². The standard InChI is InChI=1S/C38H72O17P2/c1-5-9-12-15-16-18-20-23-36(41)49-29-34(55-38(43)25-21-17-13-10-6-2)31-53-57(46,47)51-27-32(39)26-50-56(44,45)52-30-33(28-48-35(40)22-8-4)54-37(42)24-19-14-11-7-3/h32-34,39H,5-31H2,1-4H3,(H,44,45)(H,46,47)/t32-,33+,34+/m0/s1. The average molecular weight is 863 g/mol. The molecule has 0 bridgehead atoms. The molecule has 0 fully saturated rings. The molecule has 5 atom stereocenters. The van der Waals surface area contributed by atoms with Crippen LogP contribution in [0.3, 0.4) is 0 Å². The first kappa shape index (κ1) is 55.1. The molecule has 0 radical (unpaired) electrons. The van der Waals surface area contributed by atoms with Crippen molar-refractivity contribution in [2.45, 2.75) is 181 Å². The number of ether oxygens (including phenoxy) is 4. The minimum absolute atomic E-state index is 0.0924. The first-order chi connectivity index (χ1) is 27.2. The van der Waals surface area contributed by atoms with Crippen molar-refractivity contribution < 1.29 is 80.2 Å². The SMILES string of the molecule is CCCCCCCCCC(=O)OC[C@H](COP(=O)(O)OC[C@@H](O)COP(=O)(O)OC[C@@H](COC(=O)CCC)OC(=O)CCCCCC)OC(=O)CCCCCCC. The third-order valence-electron chi connectivity index (χ3n) is 8.32. The molecule has 0 aliphatic carbocycles. The van der Waals surface area contributed by atoms with Gasteiger partial charge in [-0.15, -0.1) is 0 Å². The molecule has 57 heavy (non-hydrogen) atoms. The van der Waals surface area contributed by atoms with Crippen molar-refractivity contribution in [2.24, 2.45) is 0 Å². The smallest absolute Gasteiger partial charge is 0.462 e. The van der Waals surface area contributed by atoms with Crippen LogP contribution in [-0.4, -0.2) is 96.7 Å². The molecular weight excluding hydrogens is 790 g/mol. The zero-order valence-corrected chi connectivity index (χ0v) is 36.6. The van der Waals surface area contributed by atoms with Crippen molar-refractivity contribution in [1.29, 1.82) is 0 Å². The second-order valence-electron chi connectivity index (χ2n) is 14.0. The fourth-order valence-corrected chi connectivity index (χ4v) is 6.65. The van der Waals surface area contributed by atoms with Gasteiger partial charge in [0.05, 0.1) is 26.4 Å². The maximum Gasteiger partial charge on any atom is 0.472 e. The molecule has 0 aliphatic heterocycles. The quantitative estimate of drug-likeness (QED) is 0.0231. The minimum atomic E-state index is -4.90. The third kappa shape index (κ3) is 34.6. The lowest BCUT2D eigenvalue weighted by atomic mass is 10.1. The number of esters is 4. The van der Waals surface area contributed by atoms with Crippen LogP contribution in [0, 0.1) is 0 Å². The van der Waals surface area contributed by atoms with E-state index >= 15 is 0 Å². The molecule has 19 heteroatoms. The van der Waals surface area contributed by atoms with E-state index in [1.165, 1.54) is 6.42 Å².